The molecular weight excluding hydrogens is 547 g/mol. The number of nitrogens with zero attached hydrogens (tertiary/aromatic N) is 6. The Morgan fingerprint density at radius 3 is 2.67 bits per heavy atom. The molecule has 0 spiro atoms. The van der Waals surface area contributed by atoms with Crippen molar-refractivity contribution in [2.75, 3.05) is 37.7 Å². The predicted octanol–water partition coefficient (Wildman–Crippen LogP) is 4.52. The summed E-state index contributed by atoms with van der Waals surface area (Å²) < 4.78 is 22.6. The van der Waals surface area contributed by atoms with Gasteiger partial charge >= 0.3 is 5.97 Å². The van der Waals surface area contributed by atoms with Crippen LogP contribution in [0.3, 0.4) is 0 Å². The van der Waals surface area contributed by atoms with E-state index in [0.29, 0.717) is 30.6 Å². The van der Waals surface area contributed by atoms with Crippen LogP contribution in [0.15, 0.2) is 48.5 Å². The lowest BCUT2D eigenvalue weighted by Gasteiger charge is -2.36. The van der Waals surface area contributed by atoms with Crippen LogP contribution in [0.5, 0.6) is 0 Å². The van der Waals surface area contributed by atoms with Gasteiger partial charge in [-0.05, 0) is 79.3 Å². The molecule has 220 valence electrons. The summed E-state index contributed by atoms with van der Waals surface area (Å²) in [5.41, 5.74) is 4.92. The number of hydrogen-bond acceptors (Lipinski definition) is 7. The molecule has 2 aromatic heterocycles. The van der Waals surface area contributed by atoms with Gasteiger partial charge in [-0.1, -0.05) is 6.07 Å². The highest BCUT2D eigenvalue weighted by Gasteiger charge is 2.27. The summed E-state index contributed by atoms with van der Waals surface area (Å²) in [6.45, 7) is 5.44. The molecule has 4 heterocycles. The second-order valence-electron chi connectivity index (χ2n) is 11.8. The Hall–Kier alpha value is -4.33. The fourth-order valence-electron chi connectivity index (χ4n) is 6.58. The molecule has 2 fully saturated rings. The van der Waals surface area contributed by atoms with Gasteiger partial charge in [0, 0.05) is 44.4 Å². The van der Waals surface area contributed by atoms with Crippen LogP contribution in [0.4, 0.5) is 10.2 Å². The van der Waals surface area contributed by atoms with Gasteiger partial charge in [0.2, 0.25) is 0 Å². The summed E-state index contributed by atoms with van der Waals surface area (Å²) in [5.74, 6) is 0.777. The van der Waals surface area contributed by atoms with Crippen molar-refractivity contribution in [1.82, 2.24) is 19.4 Å². The minimum atomic E-state index is -0.945. The molecule has 2 saturated heterocycles. The molecule has 0 bridgehead atoms. The van der Waals surface area contributed by atoms with Crippen molar-refractivity contribution in [2.24, 2.45) is 0 Å². The summed E-state index contributed by atoms with van der Waals surface area (Å²) in [7, 11) is 0. The first kappa shape index (κ1) is 27.5. The molecular formula is C33H33FN6O3. The third-order valence-corrected chi connectivity index (χ3v) is 9.12. The molecule has 1 N–H and O–H groups in total. The van der Waals surface area contributed by atoms with E-state index in [1.807, 2.05) is 24.3 Å². The number of ether oxygens (including phenoxy) is 1. The highest BCUT2D eigenvalue weighted by Crippen LogP contribution is 2.34. The average Bonchev–Trinajstić information content (AvgIpc) is 3.34. The van der Waals surface area contributed by atoms with E-state index in [1.165, 1.54) is 6.07 Å². The van der Waals surface area contributed by atoms with Gasteiger partial charge in [-0.2, -0.15) is 5.26 Å². The van der Waals surface area contributed by atoms with Crippen LogP contribution in [-0.4, -0.2) is 69.4 Å². The van der Waals surface area contributed by atoms with E-state index in [-0.39, 0.29) is 23.4 Å². The Labute approximate surface area is 249 Å². The summed E-state index contributed by atoms with van der Waals surface area (Å²) in [5, 5.41) is 18.7. The first-order valence-electron chi connectivity index (χ1n) is 14.9. The van der Waals surface area contributed by atoms with Gasteiger partial charge in [-0.3, -0.25) is 4.90 Å². The number of hydrogen-bond donors (Lipinski definition) is 1. The molecule has 1 aliphatic carbocycles. The zero-order valence-electron chi connectivity index (χ0n) is 23.9. The summed E-state index contributed by atoms with van der Waals surface area (Å²) in [6, 6.07) is 16.5. The zero-order chi connectivity index (χ0) is 29.5. The SMILES string of the molecule is N#Cc1cc(F)c2c(c1)CCC(c1cccc(N3CCN(Cc4nc5ccc(C(=O)O)cc5n4CC4CCO4)CC3)n1)C2. The minimum absolute atomic E-state index is 0.129. The van der Waals surface area contributed by atoms with Crippen LogP contribution < -0.4 is 4.90 Å². The fraction of sp³-hybridized carbons (Fsp3) is 0.394. The maximum atomic E-state index is 14.8. The smallest absolute Gasteiger partial charge is 0.335 e. The van der Waals surface area contributed by atoms with E-state index in [2.05, 4.69) is 20.4 Å². The van der Waals surface area contributed by atoms with E-state index in [1.54, 1.807) is 18.2 Å². The largest absolute Gasteiger partial charge is 0.478 e. The number of halogens is 1. The van der Waals surface area contributed by atoms with Gasteiger partial charge in [0.25, 0.3) is 0 Å². The summed E-state index contributed by atoms with van der Waals surface area (Å²) in [4.78, 5) is 26.2. The highest BCUT2D eigenvalue weighted by molar-refractivity contribution is 5.92. The van der Waals surface area contributed by atoms with Gasteiger partial charge in [0.05, 0.1) is 47.4 Å². The lowest BCUT2D eigenvalue weighted by atomic mass is 9.81. The van der Waals surface area contributed by atoms with Crippen molar-refractivity contribution in [2.45, 2.75) is 50.8 Å². The van der Waals surface area contributed by atoms with E-state index < -0.39 is 5.97 Å². The Balaban J connectivity index is 1.03. The summed E-state index contributed by atoms with van der Waals surface area (Å²) in [6.07, 6.45) is 3.34. The van der Waals surface area contributed by atoms with Crippen LogP contribution in [0.2, 0.25) is 0 Å². The van der Waals surface area contributed by atoms with Crippen molar-refractivity contribution in [3.05, 3.63) is 88.1 Å². The third kappa shape index (κ3) is 5.46. The second kappa shape index (κ2) is 11.4. The number of pyridine rings is 1. The number of aromatic nitrogens is 3. The number of aryl methyl sites for hydroxylation is 1. The number of carbonyl (C=O) groups is 1. The van der Waals surface area contributed by atoms with Gasteiger partial charge in [-0.15, -0.1) is 0 Å². The molecule has 7 rings (SSSR count). The van der Waals surface area contributed by atoms with Crippen molar-refractivity contribution >= 4 is 22.8 Å². The number of fused-ring (bicyclic) bond motifs is 2. The third-order valence-electron chi connectivity index (χ3n) is 9.12. The normalized spacial score (nSPS) is 20.4. The monoisotopic (exact) mass is 580 g/mol. The number of carboxylic acid groups (broad SMARTS) is 1. The molecule has 2 aliphatic heterocycles. The topological polar surface area (TPSA) is 108 Å². The average molecular weight is 581 g/mol. The lowest BCUT2D eigenvalue weighted by Crippen LogP contribution is -2.46. The second-order valence-corrected chi connectivity index (χ2v) is 11.8. The Kier molecular flexibility index (Phi) is 7.29. The van der Waals surface area contributed by atoms with E-state index in [9.17, 15) is 19.6 Å². The maximum Gasteiger partial charge on any atom is 0.335 e. The Bertz CT molecular complexity index is 1730. The number of carboxylic acids is 1. The van der Waals surface area contributed by atoms with Gasteiger partial charge in [-0.25, -0.2) is 19.2 Å². The van der Waals surface area contributed by atoms with E-state index in [0.717, 1.165) is 86.0 Å². The van der Waals surface area contributed by atoms with Crippen molar-refractivity contribution < 1.29 is 19.0 Å². The standard InChI is InChI=1S/C33H33FN6O3/c34-27-15-21(18-35)14-22-4-5-23(16-26(22)27)28-2-1-3-31(36-28)39-11-9-38(10-12-39)20-32-37-29-7-6-24(33(41)42)17-30(29)40(32)19-25-8-13-43-25/h1-3,6-7,14-15,17,23,25H,4-5,8-13,16,19-20H2,(H,41,42). The quantitative estimate of drug-likeness (QED) is 0.340. The number of rotatable bonds is 7. The molecule has 0 saturated carbocycles. The maximum absolute atomic E-state index is 14.8. The number of piperazine rings is 1. The van der Waals surface area contributed by atoms with Gasteiger partial charge in [0.1, 0.15) is 17.5 Å². The van der Waals surface area contributed by atoms with Crippen LogP contribution >= 0.6 is 0 Å². The minimum Gasteiger partial charge on any atom is -0.478 e. The van der Waals surface area contributed by atoms with Crippen LogP contribution in [-0.2, 0) is 30.7 Å². The van der Waals surface area contributed by atoms with Gasteiger partial charge in [0.15, 0.2) is 0 Å². The van der Waals surface area contributed by atoms with Crippen LogP contribution in [0.25, 0.3) is 11.0 Å². The Morgan fingerprint density at radius 2 is 1.93 bits per heavy atom. The summed E-state index contributed by atoms with van der Waals surface area (Å²) >= 11 is 0. The number of nitriles is 1. The highest BCUT2D eigenvalue weighted by atomic mass is 19.1. The molecule has 43 heavy (non-hydrogen) atoms. The molecule has 3 aliphatic rings. The predicted molar refractivity (Wildman–Crippen MR) is 159 cm³/mol. The lowest BCUT2D eigenvalue weighted by molar-refractivity contribution is -0.0592. The molecule has 0 radical (unpaired) electrons. The van der Waals surface area contributed by atoms with Crippen molar-refractivity contribution in [1.29, 1.82) is 5.26 Å². The van der Waals surface area contributed by atoms with Crippen molar-refractivity contribution in [3.63, 3.8) is 0 Å². The molecule has 4 aromatic rings. The van der Waals surface area contributed by atoms with E-state index in [4.69, 9.17) is 14.7 Å². The van der Waals surface area contributed by atoms with E-state index >= 15 is 0 Å². The number of imidazole rings is 1. The zero-order valence-corrected chi connectivity index (χ0v) is 23.9. The number of anilines is 1. The van der Waals surface area contributed by atoms with Gasteiger partial charge < -0.3 is 19.3 Å². The Morgan fingerprint density at radius 1 is 1.09 bits per heavy atom. The first-order valence-corrected chi connectivity index (χ1v) is 14.9. The molecule has 2 atom stereocenters. The number of aromatic carboxylic acids is 1. The molecule has 0 amide bonds. The molecule has 9 nitrogen and oxygen atoms in total. The van der Waals surface area contributed by atoms with Crippen LogP contribution in [0, 0.1) is 17.1 Å². The van der Waals surface area contributed by atoms with Crippen LogP contribution in [0.1, 0.15) is 57.3 Å². The molecule has 2 unspecified atom stereocenters. The van der Waals surface area contributed by atoms with Crippen molar-refractivity contribution in [3.8, 4) is 6.07 Å². The first-order chi connectivity index (χ1) is 20.9. The fourth-order valence-corrected chi connectivity index (χ4v) is 6.58. The number of benzene rings is 2. The molecule has 10 heteroatoms. The molecule has 2 aromatic carbocycles.